The summed E-state index contributed by atoms with van der Waals surface area (Å²) in [6, 6.07) is 6.50. The zero-order valence-electron chi connectivity index (χ0n) is 9.95. The number of rotatable bonds is 4. The highest BCUT2D eigenvalue weighted by molar-refractivity contribution is 5.48. The van der Waals surface area contributed by atoms with Gasteiger partial charge in [0.2, 0.25) is 0 Å². The van der Waals surface area contributed by atoms with E-state index in [-0.39, 0.29) is 0 Å². The molecule has 0 amide bonds. The Morgan fingerprint density at radius 2 is 2.38 bits per heavy atom. The van der Waals surface area contributed by atoms with E-state index in [1.165, 1.54) is 5.56 Å². The fraction of sp³-hybridized carbons (Fsp3) is 0.538. The molecule has 1 heterocycles. The number of ether oxygens (including phenoxy) is 2. The second-order valence-corrected chi connectivity index (χ2v) is 4.11. The van der Waals surface area contributed by atoms with Gasteiger partial charge in [0.15, 0.2) is 11.5 Å². The van der Waals surface area contributed by atoms with E-state index in [0.29, 0.717) is 6.04 Å². The van der Waals surface area contributed by atoms with E-state index in [9.17, 15) is 0 Å². The van der Waals surface area contributed by atoms with Crippen LogP contribution in [0.3, 0.4) is 0 Å². The molecule has 0 saturated carbocycles. The van der Waals surface area contributed by atoms with Gasteiger partial charge < -0.3 is 14.8 Å². The Bertz CT molecular complexity index is 352. The summed E-state index contributed by atoms with van der Waals surface area (Å²) in [4.78, 5) is 0. The van der Waals surface area contributed by atoms with Gasteiger partial charge in [0.25, 0.3) is 0 Å². The van der Waals surface area contributed by atoms with Gasteiger partial charge in [0, 0.05) is 6.04 Å². The van der Waals surface area contributed by atoms with Crippen LogP contribution < -0.4 is 14.8 Å². The molecule has 16 heavy (non-hydrogen) atoms. The number of para-hydroxylation sites is 1. The lowest BCUT2D eigenvalue weighted by Gasteiger charge is -2.27. The fourth-order valence-electron chi connectivity index (χ4n) is 2.03. The summed E-state index contributed by atoms with van der Waals surface area (Å²) in [5.41, 5.74) is 1.24. The van der Waals surface area contributed by atoms with Crippen LogP contribution in [0.25, 0.3) is 0 Å². The highest BCUT2D eigenvalue weighted by Gasteiger charge is 2.21. The van der Waals surface area contributed by atoms with Crippen molar-refractivity contribution in [2.75, 3.05) is 20.3 Å². The van der Waals surface area contributed by atoms with Crippen LogP contribution in [0.2, 0.25) is 0 Å². The van der Waals surface area contributed by atoms with Gasteiger partial charge in [-0.1, -0.05) is 19.1 Å². The first-order valence-corrected chi connectivity index (χ1v) is 5.87. The number of fused-ring (bicyclic) bond motifs is 1. The second kappa shape index (κ2) is 5.21. The molecule has 0 fully saturated rings. The van der Waals surface area contributed by atoms with E-state index in [1.54, 1.807) is 7.11 Å². The molecule has 1 atom stereocenters. The van der Waals surface area contributed by atoms with Crippen molar-refractivity contribution in [3.8, 4) is 11.5 Å². The zero-order valence-corrected chi connectivity index (χ0v) is 9.95. The van der Waals surface area contributed by atoms with Crippen molar-refractivity contribution in [1.29, 1.82) is 0 Å². The van der Waals surface area contributed by atoms with Crippen molar-refractivity contribution >= 4 is 0 Å². The van der Waals surface area contributed by atoms with Crippen LogP contribution in [-0.4, -0.2) is 26.3 Å². The molecule has 3 nitrogen and oxygen atoms in total. The molecule has 1 N–H and O–H groups in total. The third-order valence-corrected chi connectivity index (χ3v) is 2.86. The van der Waals surface area contributed by atoms with Gasteiger partial charge in [-0.3, -0.25) is 0 Å². The van der Waals surface area contributed by atoms with Gasteiger partial charge in [0.1, 0.15) is 6.61 Å². The summed E-state index contributed by atoms with van der Waals surface area (Å²) in [5.74, 6) is 1.76. The number of hydrogen-bond acceptors (Lipinski definition) is 3. The van der Waals surface area contributed by atoms with Crippen molar-refractivity contribution < 1.29 is 9.47 Å². The first-order chi connectivity index (χ1) is 7.85. The Balaban J connectivity index is 2.09. The highest BCUT2D eigenvalue weighted by atomic mass is 16.5. The minimum Gasteiger partial charge on any atom is -0.493 e. The smallest absolute Gasteiger partial charge is 0.164 e. The predicted molar refractivity (Wildman–Crippen MR) is 64.3 cm³/mol. The molecule has 1 aromatic carbocycles. The van der Waals surface area contributed by atoms with Gasteiger partial charge in [-0.2, -0.15) is 0 Å². The van der Waals surface area contributed by atoms with Crippen LogP contribution in [0.1, 0.15) is 18.9 Å². The van der Waals surface area contributed by atoms with Crippen molar-refractivity contribution in [3.63, 3.8) is 0 Å². The Morgan fingerprint density at radius 3 is 3.12 bits per heavy atom. The molecular weight excluding hydrogens is 202 g/mol. The van der Waals surface area contributed by atoms with Gasteiger partial charge in [-0.15, -0.1) is 0 Å². The molecular formula is C13H19NO2. The van der Waals surface area contributed by atoms with E-state index in [2.05, 4.69) is 18.3 Å². The lowest BCUT2D eigenvalue weighted by molar-refractivity contribution is 0.228. The molecule has 2 rings (SSSR count). The van der Waals surface area contributed by atoms with Gasteiger partial charge in [0.05, 0.1) is 7.11 Å². The Hall–Kier alpha value is -1.22. The van der Waals surface area contributed by atoms with Gasteiger partial charge >= 0.3 is 0 Å². The van der Waals surface area contributed by atoms with E-state index in [1.807, 2.05) is 12.1 Å². The molecule has 0 aromatic heterocycles. The second-order valence-electron chi connectivity index (χ2n) is 4.11. The summed E-state index contributed by atoms with van der Waals surface area (Å²) < 4.78 is 11.1. The van der Waals surface area contributed by atoms with Crippen LogP contribution in [0.5, 0.6) is 11.5 Å². The Morgan fingerprint density at radius 1 is 1.50 bits per heavy atom. The largest absolute Gasteiger partial charge is 0.493 e. The lowest BCUT2D eigenvalue weighted by atomic mass is 10.0. The monoisotopic (exact) mass is 221 g/mol. The number of benzene rings is 1. The maximum Gasteiger partial charge on any atom is 0.164 e. The quantitative estimate of drug-likeness (QED) is 0.843. The number of nitrogens with one attached hydrogen (secondary N) is 1. The summed E-state index contributed by atoms with van der Waals surface area (Å²) in [6.07, 6.45) is 2.17. The maximum absolute atomic E-state index is 5.77. The van der Waals surface area contributed by atoms with Gasteiger partial charge in [-0.25, -0.2) is 0 Å². The van der Waals surface area contributed by atoms with E-state index in [4.69, 9.17) is 9.47 Å². The van der Waals surface area contributed by atoms with Crippen LogP contribution >= 0.6 is 0 Å². The third kappa shape index (κ3) is 2.30. The first-order valence-electron chi connectivity index (χ1n) is 5.87. The lowest BCUT2D eigenvalue weighted by Crippen LogP contribution is -2.39. The van der Waals surface area contributed by atoms with Gasteiger partial charge in [-0.05, 0) is 31.0 Å². The molecule has 1 aromatic rings. The summed E-state index contributed by atoms with van der Waals surface area (Å²) in [7, 11) is 1.68. The van der Waals surface area contributed by atoms with E-state index < -0.39 is 0 Å². The molecule has 0 bridgehead atoms. The molecule has 0 radical (unpaired) electrons. The van der Waals surface area contributed by atoms with Crippen molar-refractivity contribution in [2.24, 2.45) is 0 Å². The first kappa shape index (κ1) is 11.3. The molecule has 0 spiro atoms. The molecule has 0 aliphatic carbocycles. The zero-order chi connectivity index (χ0) is 11.4. The average molecular weight is 221 g/mol. The topological polar surface area (TPSA) is 30.5 Å². The SMILES string of the molecule is CCCNC1COc2c(cccc2OC)C1. The minimum atomic E-state index is 0.430. The average Bonchev–Trinajstić information content (AvgIpc) is 2.35. The molecule has 1 unspecified atom stereocenters. The standard InChI is InChI=1S/C13H19NO2/c1-3-7-14-11-8-10-5-4-6-12(15-2)13(10)16-9-11/h4-6,11,14H,3,7-9H2,1-2H3. The van der Waals surface area contributed by atoms with Crippen LogP contribution in [0.15, 0.2) is 18.2 Å². The molecule has 1 aliphatic heterocycles. The molecule has 1 aliphatic rings. The van der Waals surface area contributed by atoms with Crippen LogP contribution in [0, 0.1) is 0 Å². The highest BCUT2D eigenvalue weighted by Crippen LogP contribution is 2.34. The molecule has 0 saturated heterocycles. The molecule has 3 heteroatoms. The van der Waals surface area contributed by atoms with Crippen molar-refractivity contribution in [1.82, 2.24) is 5.32 Å². The fourth-order valence-corrected chi connectivity index (χ4v) is 2.03. The third-order valence-electron chi connectivity index (χ3n) is 2.86. The van der Waals surface area contributed by atoms with Crippen molar-refractivity contribution in [2.45, 2.75) is 25.8 Å². The van der Waals surface area contributed by atoms with Crippen molar-refractivity contribution in [3.05, 3.63) is 23.8 Å². The number of methoxy groups -OCH3 is 1. The normalized spacial score (nSPS) is 18.8. The summed E-state index contributed by atoms with van der Waals surface area (Å²) in [5, 5.41) is 3.48. The summed E-state index contributed by atoms with van der Waals surface area (Å²) in [6.45, 7) is 3.95. The van der Waals surface area contributed by atoms with Crippen LogP contribution in [0.4, 0.5) is 0 Å². The minimum absolute atomic E-state index is 0.430. The van der Waals surface area contributed by atoms with E-state index >= 15 is 0 Å². The maximum atomic E-state index is 5.77. The predicted octanol–water partition coefficient (Wildman–Crippen LogP) is 2.00. The van der Waals surface area contributed by atoms with E-state index in [0.717, 1.165) is 37.5 Å². The summed E-state index contributed by atoms with van der Waals surface area (Å²) >= 11 is 0. The molecule has 88 valence electrons. The van der Waals surface area contributed by atoms with Crippen LogP contribution in [-0.2, 0) is 6.42 Å². The Kier molecular flexibility index (Phi) is 3.67. The number of hydrogen-bond donors (Lipinski definition) is 1. The Labute approximate surface area is 96.8 Å².